The number of anilines is 4. The van der Waals surface area contributed by atoms with Crippen molar-refractivity contribution in [3.8, 4) is 5.82 Å². The molecule has 4 aromatic heterocycles. The van der Waals surface area contributed by atoms with Crippen molar-refractivity contribution < 1.29 is 28.3 Å². The molecule has 0 saturated carbocycles. The summed E-state index contributed by atoms with van der Waals surface area (Å²) in [5.74, 6) is 0.886. The third-order valence-corrected chi connectivity index (χ3v) is 12.9. The molecule has 4 amide bonds. The Hall–Kier alpha value is -6.76. The van der Waals surface area contributed by atoms with Crippen LogP contribution in [-0.4, -0.2) is 97.4 Å². The topological polar surface area (TPSA) is 226 Å². The van der Waals surface area contributed by atoms with Crippen LogP contribution in [0.2, 0.25) is 0 Å². The van der Waals surface area contributed by atoms with E-state index in [2.05, 4.69) is 56.7 Å². The number of carbonyl (C=O) groups excluding carboxylic acids is 4. The van der Waals surface area contributed by atoms with Gasteiger partial charge in [0.15, 0.2) is 17.5 Å². The maximum Gasteiger partial charge on any atom is 0.252 e. The summed E-state index contributed by atoms with van der Waals surface area (Å²) in [4.78, 5) is 66.8. The van der Waals surface area contributed by atoms with Crippen molar-refractivity contribution in [3.63, 3.8) is 0 Å². The minimum atomic E-state index is -1.09. The van der Waals surface area contributed by atoms with Gasteiger partial charge in [-0.3, -0.25) is 29.6 Å². The zero-order chi connectivity index (χ0) is 48.6. The van der Waals surface area contributed by atoms with Crippen LogP contribution in [0.5, 0.6) is 0 Å². The Morgan fingerprint density at radius 2 is 1.70 bits per heavy atom. The molecular weight excluding hydrogens is 882 g/mol. The predicted octanol–water partition coefficient (Wildman–Crippen LogP) is 7.16. The molecular formula is C50H66FN13O5. The fourth-order valence-electron chi connectivity index (χ4n) is 8.94. The van der Waals surface area contributed by atoms with Gasteiger partial charge in [-0.15, -0.1) is 0 Å². The van der Waals surface area contributed by atoms with Crippen LogP contribution >= 0.6 is 0 Å². The molecule has 1 aromatic carbocycles. The van der Waals surface area contributed by atoms with Crippen LogP contribution in [0, 0.1) is 19.7 Å². The third-order valence-electron chi connectivity index (χ3n) is 12.9. The minimum Gasteiger partial charge on any atom is -0.385 e. The molecule has 0 aliphatic carbocycles. The largest absolute Gasteiger partial charge is 0.385 e. The van der Waals surface area contributed by atoms with Crippen LogP contribution in [0.25, 0.3) is 5.82 Å². The summed E-state index contributed by atoms with van der Waals surface area (Å²) in [5.41, 5.74) is 3.32. The molecule has 5 aromatic rings. The lowest BCUT2D eigenvalue weighted by atomic mass is 9.89. The molecule has 2 fully saturated rings. The first-order valence-corrected chi connectivity index (χ1v) is 24.3. The Balaban J connectivity index is 0.812. The molecule has 7 rings (SSSR count). The van der Waals surface area contributed by atoms with E-state index in [1.807, 2.05) is 56.3 Å². The summed E-state index contributed by atoms with van der Waals surface area (Å²) in [5, 5.41) is 26.6. The highest BCUT2D eigenvalue weighted by molar-refractivity contribution is 6.01. The van der Waals surface area contributed by atoms with E-state index >= 15 is 0 Å². The van der Waals surface area contributed by atoms with Gasteiger partial charge in [0.25, 0.3) is 5.91 Å². The van der Waals surface area contributed by atoms with Crippen molar-refractivity contribution in [2.45, 2.75) is 128 Å². The second-order valence-electron chi connectivity index (χ2n) is 18.1. The van der Waals surface area contributed by atoms with Gasteiger partial charge < -0.3 is 30.9 Å². The maximum absolute atomic E-state index is 14.2. The lowest BCUT2D eigenvalue weighted by Crippen LogP contribution is -2.55. The quantitative estimate of drug-likeness (QED) is 0.0253. The number of hydrogen-bond acceptors (Lipinski definition) is 13. The number of ether oxygens (including phenoxy) is 1. The standard InChI is InChI=1S/C50H66FN13O5/c1-34-28-42(58-43-29-35(2)61-62-43)59-49(56-34)63-26-22-50(69-3,23-27-63)48(68)57-41(37-18-20-44(54-31-37)64-33-38(51)32-55-64)16-13-25-53-45(65)17-10-8-6-4-5-7-9-11-24-52-39-15-12-14-36(30-39)40-19-21-46(66)60-47(40)67/h12,14-15,18,20,28-33,40-41,52H,4-11,13,16-17,19,21-27H2,1-3H3,(H,53,65)(H,57,68)(H,60,66,67)(H2,56,58,59,61,62)/t40?,41-/m0/s1. The number of methoxy groups -OCH3 is 1. The second kappa shape index (κ2) is 24.5. The number of aromatic nitrogens is 7. The Bertz CT molecular complexity index is 2490. The van der Waals surface area contributed by atoms with Crippen LogP contribution in [0.3, 0.4) is 0 Å². The summed E-state index contributed by atoms with van der Waals surface area (Å²) in [6.07, 6.45) is 15.9. The fraction of sp³-hybridized carbons (Fsp3) is 0.500. The molecule has 2 atom stereocenters. The van der Waals surface area contributed by atoms with Gasteiger partial charge in [-0.05, 0) is 75.3 Å². The van der Waals surface area contributed by atoms with Crippen molar-refractivity contribution in [2.24, 2.45) is 0 Å². The van der Waals surface area contributed by atoms with Gasteiger partial charge >= 0.3 is 0 Å². The van der Waals surface area contributed by atoms with Crippen LogP contribution < -0.4 is 31.5 Å². The van der Waals surface area contributed by atoms with Gasteiger partial charge in [-0.1, -0.05) is 56.7 Å². The van der Waals surface area contributed by atoms with Crippen LogP contribution in [0.1, 0.15) is 131 Å². The molecule has 69 heavy (non-hydrogen) atoms. The number of nitrogens with zero attached hydrogens (tertiary/aromatic N) is 7. The van der Waals surface area contributed by atoms with Crippen LogP contribution in [0.4, 0.5) is 27.7 Å². The summed E-state index contributed by atoms with van der Waals surface area (Å²) in [7, 11) is 1.56. The van der Waals surface area contributed by atoms with E-state index in [1.54, 1.807) is 19.4 Å². The maximum atomic E-state index is 14.2. The van der Waals surface area contributed by atoms with Crippen LogP contribution in [-0.2, 0) is 23.9 Å². The molecule has 18 nitrogen and oxygen atoms in total. The lowest BCUT2D eigenvalue weighted by Gasteiger charge is -2.40. The summed E-state index contributed by atoms with van der Waals surface area (Å²) in [6.45, 7) is 6.14. The van der Waals surface area contributed by atoms with Gasteiger partial charge in [-0.25, -0.2) is 19.0 Å². The number of halogens is 1. The van der Waals surface area contributed by atoms with E-state index in [9.17, 15) is 23.6 Å². The molecule has 368 valence electrons. The number of hydrogen-bond donors (Lipinski definition) is 6. The smallest absolute Gasteiger partial charge is 0.252 e. The number of unbranched alkanes of at least 4 members (excludes halogenated alkanes) is 7. The SMILES string of the molecule is COC1(C(=O)N[C@@H](CCCNC(=O)CCCCCCCCCCNc2cccc(C3CCC(=O)NC3=O)c2)c2ccc(-n3cc(F)cn3)nc2)CCN(c2nc(C)cc(Nc3cc(C)[nH]n3)n2)CC1. The molecule has 6 heterocycles. The zero-order valence-corrected chi connectivity index (χ0v) is 40.0. The molecule has 0 spiro atoms. The number of amides is 4. The first-order valence-electron chi connectivity index (χ1n) is 24.3. The monoisotopic (exact) mass is 948 g/mol. The number of nitrogens with one attached hydrogen (secondary N) is 6. The first kappa shape index (κ1) is 50.1. The van der Waals surface area contributed by atoms with Gasteiger partial charge in [-0.2, -0.15) is 15.2 Å². The Kier molecular flexibility index (Phi) is 17.8. The highest BCUT2D eigenvalue weighted by atomic mass is 19.1. The number of piperidine rings is 2. The average Bonchev–Trinajstić information content (AvgIpc) is 3.98. The molecule has 2 aliphatic heterocycles. The molecule has 19 heteroatoms. The Labute approximate surface area is 402 Å². The zero-order valence-electron chi connectivity index (χ0n) is 40.0. The third kappa shape index (κ3) is 14.4. The number of imide groups is 1. The fourth-order valence-corrected chi connectivity index (χ4v) is 8.94. The van der Waals surface area contributed by atoms with E-state index in [-0.39, 0.29) is 29.5 Å². The average molecular weight is 948 g/mol. The van der Waals surface area contributed by atoms with E-state index < -0.39 is 17.5 Å². The first-order chi connectivity index (χ1) is 33.5. The Morgan fingerprint density at radius 3 is 2.39 bits per heavy atom. The van der Waals surface area contributed by atoms with Gasteiger partial charge in [0.2, 0.25) is 23.7 Å². The lowest BCUT2D eigenvalue weighted by molar-refractivity contribution is -0.147. The number of benzene rings is 1. The van der Waals surface area contributed by atoms with Gasteiger partial charge in [0.1, 0.15) is 11.4 Å². The van der Waals surface area contributed by atoms with E-state index in [0.717, 1.165) is 92.3 Å². The van der Waals surface area contributed by atoms with Gasteiger partial charge in [0.05, 0.1) is 24.4 Å². The second-order valence-corrected chi connectivity index (χ2v) is 18.1. The molecule has 2 saturated heterocycles. The molecule has 0 bridgehead atoms. The van der Waals surface area contributed by atoms with Crippen LogP contribution in [0.15, 0.2) is 67.1 Å². The normalized spacial score (nSPS) is 16.2. The number of rotatable bonds is 25. The summed E-state index contributed by atoms with van der Waals surface area (Å²) in [6, 6.07) is 14.8. The predicted molar refractivity (Wildman–Crippen MR) is 261 cm³/mol. The van der Waals surface area contributed by atoms with Gasteiger partial charge in [0, 0.05) is 94.4 Å². The Morgan fingerprint density at radius 1 is 0.913 bits per heavy atom. The van der Waals surface area contributed by atoms with Crippen molar-refractivity contribution in [1.82, 2.24) is 50.9 Å². The minimum absolute atomic E-state index is 0.0185. The molecule has 1 unspecified atom stereocenters. The van der Waals surface area contributed by atoms with Crippen molar-refractivity contribution in [2.75, 3.05) is 48.8 Å². The van der Waals surface area contributed by atoms with Crippen molar-refractivity contribution in [1.29, 1.82) is 0 Å². The number of aromatic amines is 1. The molecule has 0 radical (unpaired) electrons. The molecule has 2 aliphatic rings. The number of carbonyl (C=O) groups is 4. The summed E-state index contributed by atoms with van der Waals surface area (Å²) >= 11 is 0. The highest BCUT2D eigenvalue weighted by Gasteiger charge is 2.43. The highest BCUT2D eigenvalue weighted by Crippen LogP contribution is 2.31. The summed E-state index contributed by atoms with van der Waals surface area (Å²) < 4.78 is 21.1. The van der Waals surface area contributed by atoms with E-state index in [4.69, 9.17) is 9.72 Å². The number of aryl methyl sites for hydroxylation is 2. The number of H-pyrrole nitrogens is 1. The van der Waals surface area contributed by atoms with E-state index in [0.29, 0.717) is 88.0 Å². The van der Waals surface area contributed by atoms with Crippen molar-refractivity contribution in [3.05, 3.63) is 95.5 Å². The molecule has 6 N–H and O–H groups in total. The number of pyridine rings is 1. The van der Waals surface area contributed by atoms with E-state index in [1.165, 1.54) is 10.9 Å². The van der Waals surface area contributed by atoms with Crippen molar-refractivity contribution >= 4 is 46.9 Å².